The van der Waals surface area contributed by atoms with Crippen molar-refractivity contribution in [2.24, 2.45) is 0 Å². The van der Waals surface area contributed by atoms with E-state index in [1.54, 1.807) is 0 Å². The maximum absolute atomic E-state index is 11.3. The van der Waals surface area contributed by atoms with Crippen molar-refractivity contribution in [3.05, 3.63) is 119 Å². The third kappa shape index (κ3) is 6.77. The summed E-state index contributed by atoms with van der Waals surface area (Å²) in [6.07, 6.45) is 0.0262. The molecule has 40 heavy (non-hydrogen) atoms. The van der Waals surface area contributed by atoms with Gasteiger partial charge in [0, 0.05) is 38.0 Å². The highest BCUT2D eigenvalue weighted by atomic mass is 16.7. The van der Waals surface area contributed by atoms with Crippen LogP contribution in [0.1, 0.15) is 66.5 Å². The number of aliphatic hydroxyl groups excluding tert-OH is 1. The lowest BCUT2D eigenvalue weighted by Crippen LogP contribution is -2.38. The summed E-state index contributed by atoms with van der Waals surface area (Å²) in [7, 11) is 2.15. The number of hydrogen-bond acceptors (Lipinski definition) is 5. The Labute approximate surface area is 236 Å². The lowest BCUT2D eigenvalue weighted by atomic mass is 9.98. The summed E-state index contributed by atoms with van der Waals surface area (Å²) in [6.45, 7) is 5.01. The van der Waals surface area contributed by atoms with E-state index in [0.29, 0.717) is 6.54 Å². The fourth-order valence-corrected chi connectivity index (χ4v) is 5.25. The minimum atomic E-state index is -0.513. The third-order valence-electron chi connectivity index (χ3n) is 7.82. The summed E-state index contributed by atoms with van der Waals surface area (Å²) >= 11 is 0. The van der Waals surface area contributed by atoms with Gasteiger partial charge in [-0.2, -0.15) is 0 Å². The van der Waals surface area contributed by atoms with Gasteiger partial charge >= 0.3 is 0 Å². The van der Waals surface area contributed by atoms with Crippen LogP contribution in [0.5, 0.6) is 0 Å². The molecule has 0 aliphatic carbocycles. The maximum atomic E-state index is 11.3. The Bertz CT molecular complexity index is 1420. The second-order valence-electron chi connectivity index (χ2n) is 10.7. The second-order valence-corrected chi connectivity index (χ2v) is 10.7. The maximum Gasteiger partial charge on any atom is 0.217 e. The van der Waals surface area contributed by atoms with Gasteiger partial charge in [0.25, 0.3) is 0 Å². The Kier molecular flexibility index (Phi) is 8.92. The number of nitrogens with one attached hydrogen (secondary N) is 1. The van der Waals surface area contributed by atoms with Crippen LogP contribution in [0.15, 0.2) is 91.0 Å². The standard InChI is InChI=1S/C34H38N2O4/c1-23(30-17-16-27-6-4-5-7-31(27)18-30)36(3)21-32-19-33(28-12-10-26(22-37)11-13-28)40-34(39-32)29-14-8-25(9-15-29)20-35-24(2)38/h4-18,23,32-34,37H,19-22H2,1-3H3,(H,35,38)/t23-,32+,33-,34-/m1/s1. The third-order valence-corrected chi connectivity index (χ3v) is 7.82. The van der Waals surface area contributed by atoms with Gasteiger partial charge in [0.1, 0.15) is 0 Å². The quantitative estimate of drug-likeness (QED) is 0.265. The van der Waals surface area contributed by atoms with Crippen LogP contribution in [-0.4, -0.2) is 35.6 Å². The smallest absolute Gasteiger partial charge is 0.217 e. The van der Waals surface area contributed by atoms with E-state index in [4.69, 9.17) is 9.47 Å². The predicted octanol–water partition coefficient (Wildman–Crippen LogP) is 6.21. The van der Waals surface area contributed by atoms with Gasteiger partial charge in [-0.25, -0.2) is 0 Å². The van der Waals surface area contributed by atoms with E-state index >= 15 is 0 Å². The van der Waals surface area contributed by atoms with Crippen LogP contribution in [0.3, 0.4) is 0 Å². The highest BCUT2D eigenvalue weighted by Crippen LogP contribution is 2.38. The molecule has 0 spiro atoms. The Morgan fingerprint density at radius 3 is 2.30 bits per heavy atom. The molecule has 5 rings (SSSR count). The van der Waals surface area contributed by atoms with Crippen molar-refractivity contribution in [1.82, 2.24) is 10.2 Å². The molecule has 1 saturated heterocycles. The zero-order valence-corrected chi connectivity index (χ0v) is 23.4. The molecule has 0 saturated carbocycles. The molecule has 6 nitrogen and oxygen atoms in total. The molecule has 208 valence electrons. The van der Waals surface area contributed by atoms with Crippen LogP contribution in [0.4, 0.5) is 0 Å². The minimum absolute atomic E-state index is 0.0163. The molecule has 0 unspecified atom stereocenters. The SMILES string of the molecule is CC(=O)NCc1ccc([C@@H]2O[C@H](CN(C)[C@H](C)c3ccc4ccccc4c3)C[C@H](c3ccc(CO)cc3)O2)cc1. The molecule has 2 N–H and O–H groups in total. The molecule has 0 radical (unpaired) electrons. The number of fused-ring (bicyclic) bond motifs is 1. The van der Waals surface area contributed by atoms with Gasteiger partial charge in [-0.05, 0) is 53.1 Å². The number of ether oxygens (including phenoxy) is 2. The monoisotopic (exact) mass is 538 g/mol. The van der Waals surface area contributed by atoms with Crippen LogP contribution in [0.25, 0.3) is 10.8 Å². The van der Waals surface area contributed by atoms with Crippen molar-refractivity contribution < 1.29 is 19.4 Å². The van der Waals surface area contributed by atoms with E-state index in [1.807, 2.05) is 48.5 Å². The van der Waals surface area contributed by atoms with Gasteiger partial charge in [0.05, 0.1) is 18.8 Å². The fourth-order valence-electron chi connectivity index (χ4n) is 5.25. The van der Waals surface area contributed by atoms with Crippen molar-refractivity contribution in [2.45, 2.75) is 58.0 Å². The summed E-state index contributed by atoms with van der Waals surface area (Å²) in [5.74, 6) is -0.0528. The van der Waals surface area contributed by atoms with Gasteiger partial charge in [0.2, 0.25) is 5.91 Å². The first kappa shape index (κ1) is 28.0. The van der Waals surface area contributed by atoms with Crippen LogP contribution in [0, 0.1) is 0 Å². The molecule has 0 aromatic heterocycles. The summed E-state index contributed by atoms with van der Waals surface area (Å²) in [5, 5.41) is 14.8. The number of carbonyl (C=O) groups is 1. The first-order valence-electron chi connectivity index (χ1n) is 13.9. The van der Waals surface area contributed by atoms with E-state index in [-0.39, 0.29) is 30.8 Å². The number of nitrogens with zero attached hydrogens (tertiary/aromatic N) is 1. The topological polar surface area (TPSA) is 71.0 Å². The number of carbonyl (C=O) groups excluding carboxylic acids is 1. The van der Waals surface area contributed by atoms with Crippen LogP contribution < -0.4 is 5.32 Å². The molecule has 4 aromatic carbocycles. The van der Waals surface area contributed by atoms with Gasteiger partial charge in [0.15, 0.2) is 6.29 Å². The summed E-state index contributed by atoms with van der Waals surface area (Å²) < 4.78 is 13.1. The molecule has 1 amide bonds. The normalized spacial score (nSPS) is 20.0. The zero-order chi connectivity index (χ0) is 28.1. The van der Waals surface area contributed by atoms with Crippen LogP contribution in [-0.2, 0) is 27.4 Å². The highest BCUT2D eigenvalue weighted by molar-refractivity contribution is 5.83. The molecular weight excluding hydrogens is 500 g/mol. The fraction of sp³-hybridized carbons (Fsp3) is 0.324. The number of hydrogen-bond donors (Lipinski definition) is 2. The van der Waals surface area contributed by atoms with Gasteiger partial charge in [-0.15, -0.1) is 0 Å². The van der Waals surface area contributed by atoms with E-state index in [9.17, 15) is 9.90 Å². The van der Waals surface area contributed by atoms with E-state index in [0.717, 1.165) is 35.2 Å². The zero-order valence-electron chi connectivity index (χ0n) is 23.4. The Morgan fingerprint density at radius 1 is 0.925 bits per heavy atom. The van der Waals surface area contributed by atoms with Crippen molar-refractivity contribution in [3.63, 3.8) is 0 Å². The van der Waals surface area contributed by atoms with Crippen LogP contribution in [0.2, 0.25) is 0 Å². The van der Waals surface area contributed by atoms with Gasteiger partial charge in [-0.3, -0.25) is 9.69 Å². The number of amides is 1. The molecule has 1 heterocycles. The van der Waals surface area contributed by atoms with Crippen molar-refractivity contribution in [1.29, 1.82) is 0 Å². The summed E-state index contributed by atoms with van der Waals surface area (Å²) in [4.78, 5) is 13.6. The van der Waals surface area contributed by atoms with E-state index in [2.05, 4.69) is 66.7 Å². The lowest BCUT2D eigenvalue weighted by molar-refractivity contribution is -0.253. The minimum Gasteiger partial charge on any atom is -0.392 e. The predicted molar refractivity (Wildman–Crippen MR) is 157 cm³/mol. The first-order valence-corrected chi connectivity index (χ1v) is 13.9. The number of aliphatic hydroxyl groups is 1. The van der Waals surface area contributed by atoms with E-state index < -0.39 is 6.29 Å². The molecular formula is C34H38N2O4. The van der Waals surface area contributed by atoms with Crippen molar-refractivity contribution in [3.8, 4) is 0 Å². The summed E-state index contributed by atoms with van der Waals surface area (Å²) in [5.41, 5.74) is 5.19. The van der Waals surface area contributed by atoms with Crippen molar-refractivity contribution in [2.75, 3.05) is 13.6 Å². The average molecular weight is 539 g/mol. The molecule has 1 aliphatic heterocycles. The van der Waals surface area contributed by atoms with Gasteiger partial charge < -0.3 is 19.9 Å². The molecule has 6 heteroatoms. The number of benzene rings is 4. The number of rotatable bonds is 9. The van der Waals surface area contributed by atoms with Crippen molar-refractivity contribution >= 4 is 16.7 Å². The molecule has 1 aliphatic rings. The van der Waals surface area contributed by atoms with Crippen LogP contribution >= 0.6 is 0 Å². The molecule has 4 atom stereocenters. The second kappa shape index (κ2) is 12.7. The molecule has 0 bridgehead atoms. The number of likely N-dealkylation sites (N-methyl/N-ethyl adjacent to an activating group) is 1. The molecule has 4 aromatic rings. The Morgan fingerprint density at radius 2 is 1.60 bits per heavy atom. The lowest BCUT2D eigenvalue weighted by Gasteiger charge is -2.39. The average Bonchev–Trinajstić information content (AvgIpc) is 2.99. The largest absolute Gasteiger partial charge is 0.392 e. The molecule has 1 fully saturated rings. The summed E-state index contributed by atoms with van der Waals surface area (Å²) in [6, 6.07) is 31.3. The van der Waals surface area contributed by atoms with E-state index in [1.165, 1.54) is 23.3 Å². The Balaban J connectivity index is 1.34. The highest BCUT2D eigenvalue weighted by Gasteiger charge is 2.33. The Hall–Kier alpha value is -3.55. The first-order chi connectivity index (χ1) is 19.4. The van der Waals surface area contributed by atoms with Gasteiger partial charge in [-0.1, -0.05) is 84.9 Å².